The van der Waals surface area contributed by atoms with Crippen LogP contribution >= 0.6 is 11.8 Å². The molecule has 0 bridgehead atoms. The Morgan fingerprint density at radius 2 is 2.21 bits per heavy atom. The smallest absolute Gasteiger partial charge is 0.0195 e. The summed E-state index contributed by atoms with van der Waals surface area (Å²) >= 11 is 2.11. The lowest BCUT2D eigenvalue weighted by molar-refractivity contribution is 0.155. The van der Waals surface area contributed by atoms with Gasteiger partial charge in [-0.3, -0.25) is 4.90 Å². The molecule has 3 unspecified atom stereocenters. The van der Waals surface area contributed by atoms with Gasteiger partial charge in [-0.05, 0) is 20.4 Å². The van der Waals surface area contributed by atoms with Gasteiger partial charge in [0.15, 0.2) is 0 Å². The zero-order valence-corrected chi connectivity index (χ0v) is 10.7. The second kappa shape index (κ2) is 5.99. The molecule has 14 heavy (non-hydrogen) atoms. The molecule has 0 amide bonds. The first kappa shape index (κ1) is 12.3. The minimum atomic E-state index is 0.674. The van der Waals surface area contributed by atoms with E-state index in [9.17, 15) is 0 Å². The molecule has 3 heteroatoms. The molecule has 0 saturated carbocycles. The van der Waals surface area contributed by atoms with Crippen molar-refractivity contribution < 1.29 is 0 Å². The van der Waals surface area contributed by atoms with Crippen LogP contribution in [-0.4, -0.2) is 47.6 Å². The van der Waals surface area contributed by atoms with E-state index in [-0.39, 0.29) is 0 Å². The van der Waals surface area contributed by atoms with Crippen molar-refractivity contribution in [2.75, 3.05) is 25.4 Å². The van der Waals surface area contributed by atoms with Gasteiger partial charge in [0.1, 0.15) is 0 Å². The maximum Gasteiger partial charge on any atom is 0.0195 e. The van der Waals surface area contributed by atoms with Crippen molar-refractivity contribution in [2.45, 2.75) is 45.0 Å². The molecule has 1 N–H and O–H groups in total. The van der Waals surface area contributed by atoms with Gasteiger partial charge in [-0.1, -0.05) is 13.8 Å². The normalized spacial score (nSPS) is 31.7. The number of thioether (sulfide) groups is 1. The van der Waals surface area contributed by atoms with Crippen LogP contribution in [0.3, 0.4) is 0 Å². The van der Waals surface area contributed by atoms with Crippen LogP contribution in [-0.2, 0) is 0 Å². The predicted molar refractivity (Wildman–Crippen MR) is 66.1 cm³/mol. The van der Waals surface area contributed by atoms with Crippen molar-refractivity contribution in [1.29, 1.82) is 0 Å². The lowest BCUT2D eigenvalue weighted by Gasteiger charge is -2.41. The summed E-state index contributed by atoms with van der Waals surface area (Å²) in [6.45, 7) is 12.7. The van der Waals surface area contributed by atoms with Gasteiger partial charge >= 0.3 is 0 Å². The second-order valence-electron chi connectivity index (χ2n) is 4.21. The van der Waals surface area contributed by atoms with E-state index >= 15 is 0 Å². The average molecular weight is 216 g/mol. The molecule has 0 aromatic heterocycles. The zero-order chi connectivity index (χ0) is 10.6. The van der Waals surface area contributed by atoms with Crippen molar-refractivity contribution in [1.82, 2.24) is 10.2 Å². The van der Waals surface area contributed by atoms with Gasteiger partial charge in [0, 0.05) is 36.2 Å². The quantitative estimate of drug-likeness (QED) is 0.771. The molecule has 1 saturated heterocycles. The molecule has 0 aromatic rings. The molecule has 1 aliphatic heterocycles. The monoisotopic (exact) mass is 216 g/mol. The number of nitrogens with zero attached hydrogens (tertiary/aromatic N) is 1. The number of rotatable bonds is 4. The molecule has 2 nitrogen and oxygen atoms in total. The maximum absolute atomic E-state index is 3.43. The lowest BCUT2D eigenvalue weighted by Crippen LogP contribution is -2.52. The van der Waals surface area contributed by atoms with Crippen LogP contribution in [0.2, 0.25) is 0 Å². The van der Waals surface area contributed by atoms with Gasteiger partial charge < -0.3 is 5.32 Å². The summed E-state index contributed by atoms with van der Waals surface area (Å²) in [5.74, 6) is 1.29. The van der Waals surface area contributed by atoms with E-state index < -0.39 is 0 Å². The predicted octanol–water partition coefficient (Wildman–Crippen LogP) is 1.81. The van der Waals surface area contributed by atoms with E-state index in [1.807, 2.05) is 0 Å². The molecule has 0 aromatic carbocycles. The second-order valence-corrected chi connectivity index (χ2v) is 5.70. The fourth-order valence-corrected chi connectivity index (χ4v) is 3.17. The highest BCUT2D eigenvalue weighted by Crippen LogP contribution is 2.25. The number of hydrogen-bond acceptors (Lipinski definition) is 3. The Labute approximate surface area is 92.8 Å². The first-order valence-electron chi connectivity index (χ1n) is 5.74. The third kappa shape index (κ3) is 3.14. The number of hydrogen-bond donors (Lipinski definition) is 1. The van der Waals surface area contributed by atoms with E-state index in [2.05, 4.69) is 49.7 Å². The Bertz CT molecular complexity index is 163. The molecule has 84 valence electrons. The summed E-state index contributed by atoms with van der Waals surface area (Å²) in [6.07, 6.45) is 0. The van der Waals surface area contributed by atoms with Gasteiger partial charge in [-0.2, -0.15) is 11.8 Å². The Kier molecular flexibility index (Phi) is 5.28. The summed E-state index contributed by atoms with van der Waals surface area (Å²) in [4.78, 5) is 2.64. The first-order chi connectivity index (χ1) is 6.66. The summed E-state index contributed by atoms with van der Waals surface area (Å²) in [5.41, 5.74) is 0. The fourth-order valence-electron chi connectivity index (χ4n) is 2.05. The van der Waals surface area contributed by atoms with Gasteiger partial charge in [-0.15, -0.1) is 0 Å². The van der Waals surface area contributed by atoms with E-state index in [1.54, 1.807) is 0 Å². The summed E-state index contributed by atoms with van der Waals surface area (Å²) < 4.78 is 0. The highest BCUT2D eigenvalue weighted by Gasteiger charge is 2.27. The topological polar surface area (TPSA) is 15.3 Å². The van der Waals surface area contributed by atoms with Crippen molar-refractivity contribution in [2.24, 2.45) is 0 Å². The van der Waals surface area contributed by atoms with Crippen LogP contribution in [0.4, 0.5) is 0 Å². The Balaban J connectivity index is 2.40. The molecule has 1 fully saturated rings. The Morgan fingerprint density at radius 1 is 1.50 bits per heavy atom. The molecule has 0 radical (unpaired) electrons. The van der Waals surface area contributed by atoms with Gasteiger partial charge in [0.2, 0.25) is 0 Å². The van der Waals surface area contributed by atoms with Crippen LogP contribution in [0.1, 0.15) is 27.7 Å². The van der Waals surface area contributed by atoms with Gasteiger partial charge in [0.05, 0.1) is 0 Å². The molecule has 0 aliphatic carbocycles. The van der Waals surface area contributed by atoms with Gasteiger partial charge in [0.25, 0.3) is 0 Å². The summed E-state index contributed by atoms with van der Waals surface area (Å²) in [7, 11) is 0. The number of nitrogens with one attached hydrogen (secondary N) is 1. The zero-order valence-electron chi connectivity index (χ0n) is 9.92. The Morgan fingerprint density at radius 3 is 2.86 bits per heavy atom. The van der Waals surface area contributed by atoms with Crippen LogP contribution in [0.15, 0.2) is 0 Å². The van der Waals surface area contributed by atoms with Gasteiger partial charge in [-0.25, -0.2) is 0 Å². The third-order valence-corrected chi connectivity index (χ3v) is 4.53. The highest BCUT2D eigenvalue weighted by atomic mass is 32.2. The highest BCUT2D eigenvalue weighted by molar-refractivity contribution is 8.00. The minimum absolute atomic E-state index is 0.674. The molecule has 1 aliphatic rings. The lowest BCUT2D eigenvalue weighted by atomic mass is 10.1. The molecule has 1 heterocycles. The molecule has 3 atom stereocenters. The summed E-state index contributed by atoms with van der Waals surface area (Å²) in [6, 6.07) is 1.40. The molecule has 0 spiro atoms. The van der Waals surface area contributed by atoms with Crippen LogP contribution < -0.4 is 5.32 Å². The fraction of sp³-hybridized carbons (Fsp3) is 1.00. The molecule has 1 rings (SSSR count). The maximum atomic E-state index is 3.43. The SMILES string of the molecule is CCNCC(C)N1CCSC(C)C1C. The number of likely N-dealkylation sites (N-methyl/N-ethyl adjacent to an activating group) is 1. The summed E-state index contributed by atoms with van der Waals surface area (Å²) in [5, 5.41) is 4.22. The minimum Gasteiger partial charge on any atom is -0.315 e. The largest absolute Gasteiger partial charge is 0.315 e. The first-order valence-corrected chi connectivity index (χ1v) is 6.79. The van der Waals surface area contributed by atoms with Crippen molar-refractivity contribution in [3.05, 3.63) is 0 Å². The Hall–Kier alpha value is 0.270. The molecular formula is C11H24N2S. The van der Waals surface area contributed by atoms with E-state index in [0.717, 1.165) is 24.4 Å². The third-order valence-electron chi connectivity index (χ3n) is 3.19. The average Bonchev–Trinajstić information content (AvgIpc) is 2.18. The van der Waals surface area contributed by atoms with Crippen LogP contribution in [0, 0.1) is 0 Å². The molecular weight excluding hydrogens is 192 g/mol. The van der Waals surface area contributed by atoms with Crippen LogP contribution in [0.5, 0.6) is 0 Å². The van der Waals surface area contributed by atoms with Crippen molar-refractivity contribution in [3.63, 3.8) is 0 Å². The van der Waals surface area contributed by atoms with Crippen molar-refractivity contribution in [3.8, 4) is 0 Å². The van der Waals surface area contributed by atoms with E-state index in [4.69, 9.17) is 0 Å². The van der Waals surface area contributed by atoms with E-state index in [1.165, 1.54) is 12.3 Å². The van der Waals surface area contributed by atoms with Crippen LogP contribution in [0.25, 0.3) is 0 Å². The van der Waals surface area contributed by atoms with Crippen molar-refractivity contribution >= 4 is 11.8 Å². The van der Waals surface area contributed by atoms with E-state index in [0.29, 0.717) is 6.04 Å². The standard InChI is InChI=1S/C11H24N2S/c1-5-12-8-9(2)13-6-7-14-11(4)10(13)3/h9-12H,5-8H2,1-4H3.